The molecule has 2 rings (SSSR count). The molecular formula is C15H23NO3. The highest BCUT2D eigenvalue weighted by Gasteiger charge is 2.37. The van der Waals surface area contributed by atoms with Crippen LogP contribution < -0.4 is 5.32 Å². The predicted octanol–water partition coefficient (Wildman–Crippen LogP) is 1.16. The molecule has 1 aromatic rings. The van der Waals surface area contributed by atoms with Crippen molar-refractivity contribution < 1.29 is 14.6 Å². The minimum Gasteiger partial charge on any atom is -0.389 e. The molecule has 3 unspecified atom stereocenters. The Bertz CT molecular complexity index is 358. The van der Waals surface area contributed by atoms with Crippen molar-refractivity contribution in [3.63, 3.8) is 0 Å². The van der Waals surface area contributed by atoms with Crippen molar-refractivity contribution >= 4 is 0 Å². The average Bonchev–Trinajstić information content (AvgIpc) is 3.22. The summed E-state index contributed by atoms with van der Waals surface area (Å²) in [7, 11) is 1.64. The summed E-state index contributed by atoms with van der Waals surface area (Å²) < 4.78 is 10.2. The lowest BCUT2D eigenvalue weighted by Gasteiger charge is -2.12. The average molecular weight is 265 g/mol. The van der Waals surface area contributed by atoms with E-state index in [9.17, 15) is 5.11 Å². The third-order valence-electron chi connectivity index (χ3n) is 3.38. The second kappa shape index (κ2) is 7.60. The number of benzene rings is 1. The lowest BCUT2D eigenvalue weighted by Crippen LogP contribution is -2.32. The molecule has 1 saturated carbocycles. The molecule has 1 aliphatic carbocycles. The molecule has 106 valence electrons. The van der Waals surface area contributed by atoms with Crippen LogP contribution in [0.3, 0.4) is 0 Å². The molecule has 0 bridgehead atoms. The van der Waals surface area contributed by atoms with Gasteiger partial charge in [-0.2, -0.15) is 0 Å². The van der Waals surface area contributed by atoms with Gasteiger partial charge in [-0.25, -0.2) is 0 Å². The molecule has 1 aromatic carbocycles. The molecule has 4 nitrogen and oxygen atoms in total. The van der Waals surface area contributed by atoms with E-state index >= 15 is 0 Å². The fourth-order valence-electron chi connectivity index (χ4n) is 2.20. The molecule has 2 N–H and O–H groups in total. The van der Waals surface area contributed by atoms with Crippen LogP contribution in [0.1, 0.15) is 17.9 Å². The van der Waals surface area contributed by atoms with Crippen molar-refractivity contribution in [2.45, 2.75) is 24.5 Å². The Morgan fingerprint density at radius 1 is 1.32 bits per heavy atom. The smallest absolute Gasteiger partial charge is 0.0897 e. The maximum Gasteiger partial charge on any atom is 0.0897 e. The summed E-state index contributed by atoms with van der Waals surface area (Å²) in [4.78, 5) is 0. The van der Waals surface area contributed by atoms with Gasteiger partial charge >= 0.3 is 0 Å². The molecule has 1 fully saturated rings. The van der Waals surface area contributed by atoms with Gasteiger partial charge in [-0.1, -0.05) is 30.3 Å². The van der Waals surface area contributed by atoms with E-state index in [0.717, 1.165) is 6.42 Å². The normalized spacial score (nSPS) is 23.3. The zero-order chi connectivity index (χ0) is 13.5. The standard InChI is InChI=1S/C15H23NO3/c1-18-7-8-19-11-13(17)10-16-15-9-14(15)12-5-3-2-4-6-12/h2-6,13-17H,7-11H2,1H3. The molecule has 0 heterocycles. The topological polar surface area (TPSA) is 50.7 Å². The highest BCUT2D eigenvalue weighted by atomic mass is 16.5. The molecule has 0 aromatic heterocycles. The van der Waals surface area contributed by atoms with E-state index in [2.05, 4.69) is 29.6 Å². The highest BCUT2D eigenvalue weighted by molar-refractivity contribution is 5.27. The first-order valence-electron chi connectivity index (χ1n) is 6.84. The molecule has 0 aliphatic heterocycles. The number of nitrogens with one attached hydrogen (secondary N) is 1. The fraction of sp³-hybridized carbons (Fsp3) is 0.600. The lowest BCUT2D eigenvalue weighted by molar-refractivity contribution is 0.0136. The van der Waals surface area contributed by atoms with E-state index in [0.29, 0.717) is 38.3 Å². The Kier molecular flexibility index (Phi) is 5.79. The van der Waals surface area contributed by atoms with Crippen molar-refractivity contribution in [3.8, 4) is 0 Å². The van der Waals surface area contributed by atoms with Gasteiger partial charge < -0.3 is 19.9 Å². The third-order valence-corrected chi connectivity index (χ3v) is 3.38. The van der Waals surface area contributed by atoms with Gasteiger partial charge in [0.15, 0.2) is 0 Å². The minimum absolute atomic E-state index is 0.360. The van der Waals surface area contributed by atoms with Crippen LogP contribution in [0.25, 0.3) is 0 Å². The predicted molar refractivity (Wildman–Crippen MR) is 74.3 cm³/mol. The van der Waals surface area contributed by atoms with E-state index in [1.165, 1.54) is 5.56 Å². The minimum atomic E-state index is -0.450. The first-order valence-corrected chi connectivity index (χ1v) is 6.84. The Morgan fingerprint density at radius 3 is 2.84 bits per heavy atom. The Morgan fingerprint density at radius 2 is 2.11 bits per heavy atom. The second-order valence-electron chi connectivity index (χ2n) is 4.99. The van der Waals surface area contributed by atoms with Crippen molar-refractivity contribution in [1.29, 1.82) is 0 Å². The van der Waals surface area contributed by atoms with Crippen molar-refractivity contribution in [2.75, 3.05) is 33.5 Å². The number of aliphatic hydroxyl groups is 1. The summed E-state index contributed by atoms with van der Waals surface area (Å²) in [6, 6.07) is 11.0. The molecule has 19 heavy (non-hydrogen) atoms. The van der Waals surface area contributed by atoms with Crippen molar-refractivity contribution in [2.24, 2.45) is 0 Å². The SMILES string of the molecule is COCCOCC(O)CNC1CC1c1ccccc1. The quantitative estimate of drug-likeness (QED) is 0.658. The van der Waals surface area contributed by atoms with Crippen molar-refractivity contribution in [3.05, 3.63) is 35.9 Å². The second-order valence-corrected chi connectivity index (χ2v) is 4.99. The number of methoxy groups -OCH3 is 1. The zero-order valence-electron chi connectivity index (χ0n) is 11.4. The maximum atomic E-state index is 9.75. The summed E-state index contributed by atoms with van der Waals surface area (Å²) >= 11 is 0. The van der Waals surface area contributed by atoms with Crippen LogP contribution in [0, 0.1) is 0 Å². The van der Waals surface area contributed by atoms with Gasteiger partial charge in [0.2, 0.25) is 0 Å². The highest BCUT2D eigenvalue weighted by Crippen LogP contribution is 2.40. The Labute approximate surface area is 114 Å². The van der Waals surface area contributed by atoms with Gasteiger partial charge in [0.1, 0.15) is 0 Å². The Hall–Kier alpha value is -0.940. The van der Waals surface area contributed by atoms with E-state index in [1.54, 1.807) is 7.11 Å². The number of aliphatic hydroxyl groups excluding tert-OH is 1. The lowest BCUT2D eigenvalue weighted by atomic mass is 10.1. The van der Waals surface area contributed by atoms with Gasteiger partial charge in [0.25, 0.3) is 0 Å². The van der Waals surface area contributed by atoms with Crippen molar-refractivity contribution in [1.82, 2.24) is 5.32 Å². The summed E-state index contributed by atoms with van der Waals surface area (Å²) in [5.74, 6) is 0.600. The molecule has 0 saturated heterocycles. The van der Waals surface area contributed by atoms with Crippen LogP contribution in [0.4, 0.5) is 0 Å². The molecule has 3 atom stereocenters. The maximum absolute atomic E-state index is 9.75. The Balaban J connectivity index is 1.57. The van der Waals surface area contributed by atoms with E-state index in [4.69, 9.17) is 9.47 Å². The summed E-state index contributed by atoms with van der Waals surface area (Å²) in [5, 5.41) is 13.1. The molecule has 4 heteroatoms. The summed E-state index contributed by atoms with van der Waals surface area (Å²) in [6.07, 6.45) is 0.704. The molecular weight excluding hydrogens is 242 g/mol. The molecule has 0 spiro atoms. The van der Waals surface area contributed by atoms with Crippen LogP contribution in [-0.4, -0.2) is 50.7 Å². The van der Waals surface area contributed by atoms with Gasteiger partial charge in [-0.05, 0) is 12.0 Å². The number of ether oxygens (including phenoxy) is 2. The number of hydrogen-bond donors (Lipinski definition) is 2. The van der Waals surface area contributed by atoms with E-state index < -0.39 is 6.10 Å². The van der Waals surface area contributed by atoms with Crippen LogP contribution in [-0.2, 0) is 9.47 Å². The van der Waals surface area contributed by atoms with Crippen LogP contribution in [0.5, 0.6) is 0 Å². The van der Waals surface area contributed by atoms with E-state index in [1.807, 2.05) is 6.07 Å². The van der Waals surface area contributed by atoms with Crippen LogP contribution in [0.15, 0.2) is 30.3 Å². The van der Waals surface area contributed by atoms with E-state index in [-0.39, 0.29) is 0 Å². The third kappa shape index (κ3) is 4.91. The first kappa shape index (κ1) is 14.5. The van der Waals surface area contributed by atoms with Gasteiger partial charge in [-0.15, -0.1) is 0 Å². The molecule has 1 aliphatic rings. The van der Waals surface area contributed by atoms with Gasteiger partial charge in [-0.3, -0.25) is 0 Å². The summed E-state index contributed by atoms with van der Waals surface area (Å²) in [6.45, 7) is 2.04. The number of rotatable bonds is 9. The van der Waals surface area contributed by atoms with Gasteiger partial charge in [0.05, 0.1) is 25.9 Å². The summed E-state index contributed by atoms with van der Waals surface area (Å²) in [5.41, 5.74) is 1.38. The largest absolute Gasteiger partial charge is 0.389 e. The molecule has 0 amide bonds. The van der Waals surface area contributed by atoms with Crippen LogP contribution in [0.2, 0.25) is 0 Å². The van der Waals surface area contributed by atoms with Crippen LogP contribution >= 0.6 is 0 Å². The fourth-order valence-corrected chi connectivity index (χ4v) is 2.20. The van der Waals surface area contributed by atoms with Gasteiger partial charge in [0, 0.05) is 25.6 Å². The number of hydrogen-bond acceptors (Lipinski definition) is 4. The monoisotopic (exact) mass is 265 g/mol. The molecule has 0 radical (unpaired) electrons. The zero-order valence-corrected chi connectivity index (χ0v) is 11.4. The first-order chi connectivity index (χ1) is 9.31.